The van der Waals surface area contributed by atoms with E-state index in [1.54, 1.807) is 24.3 Å². The molecule has 0 amide bonds. The summed E-state index contributed by atoms with van der Waals surface area (Å²) >= 11 is 0. The van der Waals surface area contributed by atoms with Gasteiger partial charge >= 0.3 is 11.9 Å². The number of carbonyl (C=O) groups is 2. The molecule has 0 fully saturated rings. The summed E-state index contributed by atoms with van der Waals surface area (Å²) < 4.78 is 10.3. The number of hydrogen-bond donors (Lipinski definition) is 0. The van der Waals surface area contributed by atoms with Gasteiger partial charge in [-0.05, 0) is 25.0 Å². The van der Waals surface area contributed by atoms with E-state index in [9.17, 15) is 9.59 Å². The maximum atomic E-state index is 11.9. The van der Waals surface area contributed by atoms with Gasteiger partial charge in [0.1, 0.15) is 0 Å². The minimum atomic E-state index is -0.471. The van der Waals surface area contributed by atoms with Gasteiger partial charge in [-0.25, -0.2) is 9.59 Å². The molecule has 1 radical (unpaired) electrons. The van der Waals surface area contributed by atoms with Crippen LogP contribution in [-0.2, 0) is 26.3 Å². The first-order valence-electron chi connectivity index (χ1n) is 7.14. The average molecular weight is 337 g/mol. The molecule has 1 aromatic carbocycles. The third-order valence-electron chi connectivity index (χ3n) is 2.83. The van der Waals surface area contributed by atoms with Gasteiger partial charge in [0.15, 0.2) is 0 Å². The molecule has 0 bridgehead atoms. The molecule has 119 valence electrons. The molecule has 0 spiro atoms. The molecule has 1 rings (SSSR count). The molecule has 0 saturated carbocycles. The molecule has 0 atom stereocenters. The molecular weight excluding hydrogens is 315 g/mol. The smallest absolute Gasteiger partial charge is 0.339 e. The molecule has 0 N–H and O–H groups in total. The summed E-state index contributed by atoms with van der Waals surface area (Å²) in [6, 6.07) is 6.59. The van der Waals surface area contributed by atoms with Crippen LogP contribution in [0.4, 0.5) is 0 Å². The fraction of sp³-hybridized carbons (Fsp3) is 0.500. The third kappa shape index (κ3) is 6.77. The van der Waals surface area contributed by atoms with Crippen LogP contribution >= 0.6 is 0 Å². The molecule has 4 nitrogen and oxygen atoms in total. The molecule has 0 saturated heterocycles. The Morgan fingerprint density at radius 2 is 1.24 bits per heavy atom. The summed E-state index contributed by atoms with van der Waals surface area (Å²) in [5.41, 5.74) is 0.537. The fourth-order valence-electron chi connectivity index (χ4n) is 1.61. The van der Waals surface area contributed by atoms with Gasteiger partial charge in [-0.2, -0.15) is 0 Å². The van der Waals surface area contributed by atoms with Crippen molar-refractivity contribution in [1.82, 2.24) is 0 Å². The van der Waals surface area contributed by atoms with Crippen LogP contribution in [0.3, 0.4) is 0 Å². The molecule has 0 aromatic heterocycles. The van der Waals surface area contributed by atoms with Crippen molar-refractivity contribution < 1.29 is 35.8 Å². The van der Waals surface area contributed by atoms with Crippen LogP contribution in [-0.4, -0.2) is 25.2 Å². The van der Waals surface area contributed by atoms with E-state index in [-0.39, 0.29) is 27.9 Å². The van der Waals surface area contributed by atoms with Gasteiger partial charge in [0.05, 0.1) is 24.3 Å². The molecule has 0 unspecified atom stereocenters. The summed E-state index contributed by atoms with van der Waals surface area (Å²) in [4.78, 5) is 23.9. The Bertz CT molecular complexity index is 405. The Balaban J connectivity index is 0.00000400. The topological polar surface area (TPSA) is 52.6 Å². The first kappa shape index (κ1) is 19.7. The summed E-state index contributed by atoms with van der Waals surface area (Å²) in [5.74, 6) is -0.942. The average Bonchev–Trinajstić information content (AvgIpc) is 2.47. The minimum absolute atomic E-state index is 0. The van der Waals surface area contributed by atoms with Crippen molar-refractivity contribution in [3.05, 3.63) is 35.4 Å². The van der Waals surface area contributed by atoms with E-state index in [4.69, 9.17) is 9.47 Å². The number of ether oxygens (including phenoxy) is 2. The second-order valence-electron chi connectivity index (χ2n) is 4.52. The molecule has 21 heavy (non-hydrogen) atoms. The third-order valence-corrected chi connectivity index (χ3v) is 2.83. The van der Waals surface area contributed by atoms with Crippen molar-refractivity contribution in [3.8, 4) is 0 Å². The van der Waals surface area contributed by atoms with Crippen molar-refractivity contribution in [3.63, 3.8) is 0 Å². The van der Waals surface area contributed by atoms with Crippen LogP contribution in [0, 0.1) is 0 Å². The van der Waals surface area contributed by atoms with E-state index in [1.165, 1.54) is 0 Å². The van der Waals surface area contributed by atoms with Gasteiger partial charge in [0, 0.05) is 16.8 Å². The summed E-state index contributed by atoms with van der Waals surface area (Å²) in [6.45, 7) is 4.78. The molecule has 1 aromatic rings. The van der Waals surface area contributed by atoms with Gasteiger partial charge < -0.3 is 9.47 Å². The molecule has 0 aliphatic heterocycles. The van der Waals surface area contributed by atoms with E-state index in [2.05, 4.69) is 0 Å². The minimum Gasteiger partial charge on any atom is -0.462 e. The van der Waals surface area contributed by atoms with Gasteiger partial charge in [-0.15, -0.1) is 0 Å². The second kappa shape index (κ2) is 11.3. The summed E-state index contributed by atoms with van der Waals surface area (Å²) in [7, 11) is 0. The predicted octanol–water partition coefficient (Wildman–Crippen LogP) is 3.60. The predicted molar refractivity (Wildman–Crippen MR) is 76.8 cm³/mol. The Morgan fingerprint density at radius 3 is 1.57 bits per heavy atom. The Labute approximate surface area is 136 Å². The van der Waals surface area contributed by atoms with Crippen LogP contribution in [0.25, 0.3) is 0 Å². The van der Waals surface area contributed by atoms with Crippen LogP contribution < -0.4 is 0 Å². The van der Waals surface area contributed by atoms with Crippen LogP contribution in [0.2, 0.25) is 0 Å². The Kier molecular flexibility index (Phi) is 10.6. The van der Waals surface area contributed by atoms with Crippen LogP contribution in [0.5, 0.6) is 0 Å². The van der Waals surface area contributed by atoms with E-state index >= 15 is 0 Å². The number of rotatable bonds is 8. The fourth-order valence-corrected chi connectivity index (χ4v) is 1.61. The van der Waals surface area contributed by atoms with Crippen molar-refractivity contribution in [1.29, 1.82) is 0 Å². The van der Waals surface area contributed by atoms with Gasteiger partial charge in [0.25, 0.3) is 0 Å². The van der Waals surface area contributed by atoms with Gasteiger partial charge in [-0.3, -0.25) is 0 Å². The number of benzene rings is 1. The molecule has 0 aliphatic rings. The number of esters is 2. The van der Waals surface area contributed by atoms with E-state index < -0.39 is 11.9 Å². The Hall–Kier alpha value is -1.33. The quantitative estimate of drug-likeness (QED) is 0.537. The largest absolute Gasteiger partial charge is 0.462 e. The van der Waals surface area contributed by atoms with Crippen molar-refractivity contribution in [2.75, 3.05) is 13.2 Å². The van der Waals surface area contributed by atoms with Gasteiger partial charge in [-0.1, -0.05) is 38.8 Å². The Morgan fingerprint density at radius 1 is 0.857 bits per heavy atom. The first-order chi connectivity index (χ1) is 9.70. The van der Waals surface area contributed by atoms with Gasteiger partial charge in [0.2, 0.25) is 0 Å². The van der Waals surface area contributed by atoms with E-state index in [0.29, 0.717) is 13.2 Å². The normalized spacial score (nSPS) is 9.62. The van der Waals surface area contributed by atoms with E-state index in [1.807, 2.05) is 13.8 Å². The van der Waals surface area contributed by atoms with Crippen LogP contribution in [0.15, 0.2) is 24.3 Å². The second-order valence-corrected chi connectivity index (χ2v) is 4.52. The zero-order chi connectivity index (χ0) is 14.8. The number of hydrogen-bond acceptors (Lipinski definition) is 4. The maximum Gasteiger partial charge on any atom is 0.339 e. The molecule has 0 aliphatic carbocycles. The maximum absolute atomic E-state index is 11.9. The first-order valence-corrected chi connectivity index (χ1v) is 7.14. The molecule has 5 heteroatoms. The standard InChI is InChI=1S/C16H22O4.Co/c1-3-5-11-19-15(17)13-9-7-8-10-14(13)16(18)20-12-6-4-2;/h7-10H,3-6,11-12H2,1-2H3;. The van der Waals surface area contributed by atoms with Crippen molar-refractivity contribution in [2.45, 2.75) is 39.5 Å². The number of unbranched alkanes of at least 4 members (excludes halogenated alkanes) is 2. The molecular formula is C16H22CoO4. The van der Waals surface area contributed by atoms with Crippen LogP contribution in [0.1, 0.15) is 60.2 Å². The van der Waals surface area contributed by atoms with E-state index in [0.717, 1.165) is 25.7 Å². The number of carbonyl (C=O) groups excluding carboxylic acids is 2. The zero-order valence-corrected chi connectivity index (χ0v) is 13.6. The zero-order valence-electron chi connectivity index (χ0n) is 12.5. The monoisotopic (exact) mass is 337 g/mol. The summed E-state index contributed by atoms with van der Waals surface area (Å²) in [5, 5.41) is 0. The van der Waals surface area contributed by atoms with Crippen molar-refractivity contribution in [2.24, 2.45) is 0 Å². The molecule has 0 heterocycles. The van der Waals surface area contributed by atoms with Crippen molar-refractivity contribution >= 4 is 11.9 Å². The SMILES string of the molecule is CCCCOC(=O)c1ccccc1C(=O)OCCCC.[Co]. The summed E-state index contributed by atoms with van der Waals surface area (Å²) in [6.07, 6.45) is 3.53.